The minimum absolute atomic E-state index is 0.0270. The highest BCUT2D eigenvalue weighted by Crippen LogP contribution is 2.21. The summed E-state index contributed by atoms with van der Waals surface area (Å²) in [5.41, 5.74) is 1.39. The van der Waals surface area contributed by atoms with Gasteiger partial charge in [0.1, 0.15) is 0 Å². The summed E-state index contributed by atoms with van der Waals surface area (Å²) < 4.78 is 22.1. The number of carbonyl (C=O) groups is 1. The van der Waals surface area contributed by atoms with Crippen LogP contribution in [0.2, 0.25) is 0 Å². The molecule has 1 amide bonds. The van der Waals surface area contributed by atoms with Crippen LogP contribution in [-0.4, -0.2) is 30.6 Å². The summed E-state index contributed by atoms with van der Waals surface area (Å²) in [6.07, 6.45) is 5.78. The molecule has 0 bridgehead atoms. The number of hydrogen-bond acceptors (Lipinski definition) is 3. The van der Waals surface area contributed by atoms with Crippen LogP contribution in [0.25, 0.3) is 0 Å². The molecule has 20 heavy (non-hydrogen) atoms. The number of aliphatic hydroxyl groups is 1. The van der Waals surface area contributed by atoms with E-state index in [1.54, 1.807) is 18.2 Å². The lowest BCUT2D eigenvalue weighted by atomic mass is 9.95. The second kappa shape index (κ2) is 7.29. The molecule has 1 aromatic carbocycles. The Morgan fingerprint density at radius 2 is 2.20 bits per heavy atom. The maximum atomic E-state index is 12.5. The Hall–Kier alpha value is -1.55. The third kappa shape index (κ3) is 3.73. The molecule has 0 saturated heterocycles. The van der Waals surface area contributed by atoms with E-state index in [4.69, 9.17) is 9.22 Å². The van der Waals surface area contributed by atoms with Crippen LogP contribution in [0.4, 0.5) is 5.69 Å². The van der Waals surface area contributed by atoms with Crippen LogP contribution in [-0.2, 0) is 6.42 Å². The van der Waals surface area contributed by atoms with Crippen molar-refractivity contribution in [3.05, 3.63) is 29.3 Å². The zero-order chi connectivity index (χ0) is 16.9. The Balaban J connectivity index is 2.18. The number of nitrogens with one attached hydrogen (secondary N) is 2. The van der Waals surface area contributed by atoms with E-state index in [1.165, 1.54) is 6.42 Å². The SMILES string of the molecule is [2H]C([2H])([2H])Nc1cc(CCO)ccc1C(=O)NC1CCCCC1. The van der Waals surface area contributed by atoms with E-state index in [0.29, 0.717) is 12.0 Å². The molecule has 0 atom stereocenters. The highest BCUT2D eigenvalue weighted by atomic mass is 16.2. The van der Waals surface area contributed by atoms with Crippen LogP contribution in [0, 0.1) is 0 Å². The second-order valence-electron chi connectivity index (χ2n) is 5.29. The number of anilines is 1. The molecular weight excluding hydrogens is 252 g/mol. The normalized spacial score (nSPS) is 18.8. The van der Waals surface area contributed by atoms with Gasteiger partial charge in [-0.05, 0) is 37.0 Å². The summed E-state index contributed by atoms with van der Waals surface area (Å²) in [6, 6.07) is 5.15. The third-order valence-electron chi connectivity index (χ3n) is 3.80. The molecule has 1 saturated carbocycles. The summed E-state index contributed by atoms with van der Waals surface area (Å²) in [5, 5.41) is 14.5. The summed E-state index contributed by atoms with van der Waals surface area (Å²) in [5.74, 6) is -0.251. The van der Waals surface area contributed by atoms with Gasteiger partial charge in [-0.3, -0.25) is 4.79 Å². The first kappa shape index (κ1) is 11.1. The molecule has 2 rings (SSSR count). The van der Waals surface area contributed by atoms with Gasteiger partial charge in [0.2, 0.25) is 0 Å². The minimum atomic E-state index is -2.38. The number of aliphatic hydroxyl groups excluding tert-OH is 1. The van der Waals surface area contributed by atoms with Crippen molar-refractivity contribution in [1.29, 1.82) is 0 Å². The Kier molecular flexibility index (Phi) is 4.06. The second-order valence-corrected chi connectivity index (χ2v) is 5.29. The number of hydrogen-bond donors (Lipinski definition) is 3. The Labute approximate surface area is 124 Å². The molecule has 0 unspecified atom stereocenters. The fraction of sp³-hybridized carbons (Fsp3) is 0.562. The summed E-state index contributed by atoms with van der Waals surface area (Å²) >= 11 is 0. The number of carbonyl (C=O) groups excluding carboxylic acids is 1. The molecule has 4 heteroatoms. The molecule has 3 N–H and O–H groups in total. The first-order chi connectivity index (χ1) is 10.9. The van der Waals surface area contributed by atoms with Gasteiger partial charge in [-0.25, -0.2) is 0 Å². The van der Waals surface area contributed by atoms with E-state index in [9.17, 15) is 4.79 Å². The highest BCUT2D eigenvalue weighted by Gasteiger charge is 2.18. The van der Waals surface area contributed by atoms with Crippen molar-refractivity contribution < 1.29 is 14.0 Å². The number of benzene rings is 1. The third-order valence-corrected chi connectivity index (χ3v) is 3.80. The van der Waals surface area contributed by atoms with E-state index in [2.05, 4.69) is 10.6 Å². The molecule has 1 fully saturated rings. The van der Waals surface area contributed by atoms with E-state index in [0.717, 1.165) is 31.2 Å². The molecular formula is C16H24N2O2. The van der Waals surface area contributed by atoms with Crippen LogP contribution in [0.15, 0.2) is 18.2 Å². The van der Waals surface area contributed by atoms with Crippen molar-refractivity contribution in [2.75, 3.05) is 18.9 Å². The summed E-state index contributed by atoms with van der Waals surface area (Å²) in [7, 11) is 0. The van der Waals surface area contributed by atoms with Gasteiger partial charge >= 0.3 is 0 Å². The standard InChI is InChI=1S/C16H24N2O2/c1-17-15-11-12(9-10-19)7-8-14(15)16(20)18-13-5-3-2-4-6-13/h7-8,11,13,17,19H,2-6,9-10H2,1H3,(H,18,20)/i1D3. The topological polar surface area (TPSA) is 61.4 Å². The zero-order valence-electron chi connectivity index (χ0n) is 14.6. The van der Waals surface area contributed by atoms with Gasteiger partial charge < -0.3 is 15.7 Å². The molecule has 0 heterocycles. The van der Waals surface area contributed by atoms with Crippen molar-refractivity contribution in [3.63, 3.8) is 0 Å². The van der Waals surface area contributed by atoms with Crippen molar-refractivity contribution in [2.24, 2.45) is 0 Å². The van der Waals surface area contributed by atoms with Gasteiger partial charge in [-0.1, -0.05) is 25.3 Å². The van der Waals surface area contributed by atoms with E-state index >= 15 is 0 Å². The first-order valence-electron chi connectivity index (χ1n) is 8.72. The van der Waals surface area contributed by atoms with Gasteiger partial charge in [-0.2, -0.15) is 0 Å². The fourth-order valence-corrected chi connectivity index (χ4v) is 2.69. The lowest BCUT2D eigenvalue weighted by Gasteiger charge is -2.23. The molecule has 0 spiro atoms. The average Bonchev–Trinajstić information content (AvgIpc) is 2.47. The van der Waals surface area contributed by atoms with Crippen molar-refractivity contribution in [1.82, 2.24) is 5.32 Å². The molecule has 1 aliphatic rings. The van der Waals surface area contributed by atoms with Gasteiger partial charge in [-0.15, -0.1) is 0 Å². The Morgan fingerprint density at radius 1 is 1.40 bits per heavy atom. The molecule has 0 aliphatic heterocycles. The quantitative estimate of drug-likeness (QED) is 0.775. The molecule has 1 aliphatic carbocycles. The van der Waals surface area contributed by atoms with E-state index < -0.39 is 6.98 Å². The molecule has 1 aromatic rings. The maximum Gasteiger partial charge on any atom is 0.253 e. The number of rotatable bonds is 5. The average molecular weight is 279 g/mol. The van der Waals surface area contributed by atoms with Crippen LogP contribution in [0.3, 0.4) is 0 Å². The van der Waals surface area contributed by atoms with Gasteiger partial charge in [0.15, 0.2) is 0 Å². The summed E-state index contributed by atoms with van der Waals surface area (Å²) in [6.45, 7) is -2.40. The molecule has 0 radical (unpaired) electrons. The maximum absolute atomic E-state index is 12.5. The van der Waals surface area contributed by atoms with Crippen molar-refractivity contribution in [3.8, 4) is 0 Å². The predicted octanol–water partition coefficient (Wildman–Crippen LogP) is 2.33. The molecule has 110 valence electrons. The lowest BCUT2D eigenvalue weighted by Crippen LogP contribution is -2.36. The molecule has 4 nitrogen and oxygen atoms in total. The van der Waals surface area contributed by atoms with Crippen LogP contribution in [0.5, 0.6) is 0 Å². The van der Waals surface area contributed by atoms with Crippen LogP contribution >= 0.6 is 0 Å². The van der Waals surface area contributed by atoms with Crippen LogP contribution < -0.4 is 10.6 Å². The van der Waals surface area contributed by atoms with E-state index in [-0.39, 0.29) is 24.2 Å². The van der Waals surface area contributed by atoms with Gasteiger partial charge in [0.05, 0.1) is 5.56 Å². The van der Waals surface area contributed by atoms with Gasteiger partial charge in [0, 0.05) is 29.4 Å². The van der Waals surface area contributed by atoms with Crippen molar-refractivity contribution in [2.45, 2.75) is 44.6 Å². The largest absolute Gasteiger partial charge is 0.396 e. The number of amides is 1. The van der Waals surface area contributed by atoms with Crippen LogP contribution in [0.1, 0.15) is 52.1 Å². The minimum Gasteiger partial charge on any atom is -0.396 e. The smallest absolute Gasteiger partial charge is 0.253 e. The summed E-state index contributed by atoms with van der Waals surface area (Å²) in [4.78, 5) is 12.5. The Morgan fingerprint density at radius 3 is 2.90 bits per heavy atom. The fourth-order valence-electron chi connectivity index (χ4n) is 2.69. The first-order valence-corrected chi connectivity index (χ1v) is 7.22. The monoisotopic (exact) mass is 279 g/mol. The molecule has 0 aromatic heterocycles. The van der Waals surface area contributed by atoms with E-state index in [1.807, 2.05) is 0 Å². The lowest BCUT2D eigenvalue weighted by molar-refractivity contribution is 0.0928. The predicted molar refractivity (Wildman–Crippen MR) is 81.1 cm³/mol. The Bertz CT molecular complexity index is 541. The van der Waals surface area contributed by atoms with Gasteiger partial charge in [0.25, 0.3) is 5.91 Å². The zero-order valence-corrected chi connectivity index (χ0v) is 11.6. The highest BCUT2D eigenvalue weighted by molar-refractivity contribution is 5.99. The van der Waals surface area contributed by atoms with Crippen molar-refractivity contribution >= 4 is 11.6 Å².